The molecule has 110 valence electrons. The van der Waals surface area contributed by atoms with Gasteiger partial charge in [-0.05, 0) is 17.7 Å². The van der Waals surface area contributed by atoms with Crippen LogP contribution in [0.2, 0.25) is 0 Å². The predicted molar refractivity (Wildman–Crippen MR) is 84.7 cm³/mol. The number of urea groups is 1. The van der Waals surface area contributed by atoms with Gasteiger partial charge in [-0.1, -0.05) is 42.5 Å². The highest BCUT2D eigenvalue weighted by atomic mass is 16.5. The van der Waals surface area contributed by atoms with Gasteiger partial charge in [-0.15, -0.1) is 0 Å². The van der Waals surface area contributed by atoms with Crippen LogP contribution in [-0.4, -0.2) is 32.1 Å². The van der Waals surface area contributed by atoms with Crippen molar-refractivity contribution >= 4 is 11.7 Å². The standard InChI is InChI=1S/C17H20N2O2/c1-18(13-14-9-5-4-6-10-14)17(20)19(2)15-11-7-8-12-16(15)21-3/h4-12H,13H2,1-3H3. The van der Waals surface area contributed by atoms with Crippen LogP contribution in [0.4, 0.5) is 10.5 Å². The fourth-order valence-corrected chi connectivity index (χ4v) is 2.19. The lowest BCUT2D eigenvalue weighted by molar-refractivity contribution is 0.215. The molecule has 0 radical (unpaired) electrons. The largest absolute Gasteiger partial charge is 0.495 e. The van der Waals surface area contributed by atoms with E-state index in [1.54, 1.807) is 31.0 Å². The number of methoxy groups -OCH3 is 1. The summed E-state index contributed by atoms with van der Waals surface area (Å²) < 4.78 is 5.30. The molecule has 0 saturated heterocycles. The molecule has 2 amide bonds. The number of para-hydroxylation sites is 2. The molecule has 0 aliphatic carbocycles. The van der Waals surface area contributed by atoms with Crippen molar-refractivity contribution in [1.29, 1.82) is 0 Å². The van der Waals surface area contributed by atoms with Crippen LogP contribution in [0.1, 0.15) is 5.56 Å². The maximum atomic E-state index is 12.5. The highest BCUT2D eigenvalue weighted by Crippen LogP contribution is 2.27. The van der Waals surface area contributed by atoms with Crippen LogP contribution < -0.4 is 9.64 Å². The zero-order valence-electron chi connectivity index (χ0n) is 12.6. The number of hydrogen-bond donors (Lipinski definition) is 0. The van der Waals surface area contributed by atoms with Crippen LogP contribution in [-0.2, 0) is 6.54 Å². The first-order valence-corrected chi connectivity index (χ1v) is 6.79. The summed E-state index contributed by atoms with van der Waals surface area (Å²) in [7, 11) is 5.15. The van der Waals surface area contributed by atoms with Gasteiger partial charge in [0.05, 0.1) is 12.8 Å². The molecule has 0 fully saturated rings. The SMILES string of the molecule is COc1ccccc1N(C)C(=O)N(C)Cc1ccccc1. The van der Waals surface area contributed by atoms with Crippen LogP contribution >= 0.6 is 0 Å². The third kappa shape index (κ3) is 3.54. The smallest absolute Gasteiger partial charge is 0.324 e. The van der Waals surface area contributed by atoms with Crippen molar-refractivity contribution in [2.24, 2.45) is 0 Å². The number of carbonyl (C=O) groups excluding carboxylic acids is 1. The van der Waals surface area contributed by atoms with Crippen LogP contribution in [0.15, 0.2) is 54.6 Å². The van der Waals surface area contributed by atoms with Gasteiger partial charge in [0.15, 0.2) is 0 Å². The van der Waals surface area contributed by atoms with E-state index in [1.165, 1.54) is 0 Å². The number of benzene rings is 2. The van der Waals surface area contributed by atoms with E-state index in [0.717, 1.165) is 11.3 Å². The Morgan fingerprint density at radius 2 is 1.62 bits per heavy atom. The van der Waals surface area contributed by atoms with Crippen LogP contribution in [0.3, 0.4) is 0 Å². The molecule has 0 spiro atoms. The Labute approximate surface area is 125 Å². The Kier molecular flexibility index (Phi) is 4.82. The molecule has 0 aliphatic heterocycles. The first-order valence-electron chi connectivity index (χ1n) is 6.79. The summed E-state index contributed by atoms with van der Waals surface area (Å²) in [6.07, 6.45) is 0. The fourth-order valence-electron chi connectivity index (χ4n) is 2.19. The van der Waals surface area contributed by atoms with Gasteiger partial charge in [0.2, 0.25) is 0 Å². The number of rotatable bonds is 4. The second kappa shape index (κ2) is 6.79. The van der Waals surface area contributed by atoms with E-state index in [2.05, 4.69) is 0 Å². The predicted octanol–water partition coefficient (Wildman–Crippen LogP) is 3.38. The van der Waals surface area contributed by atoms with Crippen LogP contribution in [0.5, 0.6) is 5.75 Å². The van der Waals surface area contributed by atoms with Crippen LogP contribution in [0.25, 0.3) is 0 Å². The minimum absolute atomic E-state index is 0.0802. The maximum Gasteiger partial charge on any atom is 0.324 e. The summed E-state index contributed by atoms with van der Waals surface area (Å²) in [4.78, 5) is 15.8. The molecule has 0 aliphatic rings. The van der Waals surface area contributed by atoms with E-state index in [9.17, 15) is 4.79 Å². The van der Waals surface area contributed by atoms with E-state index in [1.807, 2.05) is 54.6 Å². The molecule has 0 N–H and O–H groups in total. The minimum atomic E-state index is -0.0802. The van der Waals surface area contributed by atoms with Gasteiger partial charge in [0, 0.05) is 20.6 Å². The number of carbonyl (C=O) groups is 1. The Morgan fingerprint density at radius 1 is 1.00 bits per heavy atom. The summed E-state index contributed by atoms with van der Waals surface area (Å²) >= 11 is 0. The highest BCUT2D eigenvalue weighted by Gasteiger charge is 2.18. The van der Waals surface area contributed by atoms with Crippen molar-refractivity contribution in [3.63, 3.8) is 0 Å². The molecule has 4 nitrogen and oxygen atoms in total. The summed E-state index contributed by atoms with van der Waals surface area (Å²) in [6, 6.07) is 17.3. The van der Waals surface area contributed by atoms with Gasteiger partial charge in [0.1, 0.15) is 5.75 Å². The molecule has 0 unspecified atom stereocenters. The van der Waals surface area contributed by atoms with Gasteiger partial charge in [-0.25, -0.2) is 4.79 Å². The molecular formula is C17H20N2O2. The zero-order chi connectivity index (χ0) is 15.2. The molecule has 0 saturated carbocycles. The highest BCUT2D eigenvalue weighted by molar-refractivity contribution is 5.92. The van der Waals surface area contributed by atoms with Gasteiger partial charge in [-0.2, -0.15) is 0 Å². The van der Waals surface area contributed by atoms with E-state index in [0.29, 0.717) is 12.3 Å². The Balaban J connectivity index is 2.11. The van der Waals surface area contributed by atoms with E-state index in [-0.39, 0.29) is 6.03 Å². The molecule has 21 heavy (non-hydrogen) atoms. The van der Waals surface area contributed by atoms with Crippen molar-refractivity contribution in [2.75, 3.05) is 26.1 Å². The van der Waals surface area contributed by atoms with Gasteiger partial charge >= 0.3 is 6.03 Å². The summed E-state index contributed by atoms with van der Waals surface area (Å²) in [5.41, 5.74) is 1.85. The second-order valence-electron chi connectivity index (χ2n) is 4.86. The van der Waals surface area contributed by atoms with E-state index >= 15 is 0 Å². The van der Waals surface area contributed by atoms with Gasteiger partial charge < -0.3 is 9.64 Å². The Hall–Kier alpha value is -2.49. The monoisotopic (exact) mass is 284 g/mol. The van der Waals surface area contributed by atoms with Crippen LogP contribution in [0, 0.1) is 0 Å². The Bertz CT molecular complexity index is 599. The number of nitrogens with zero attached hydrogens (tertiary/aromatic N) is 2. The van der Waals surface area contributed by atoms with Gasteiger partial charge in [-0.3, -0.25) is 4.90 Å². The van der Waals surface area contributed by atoms with Crippen molar-refractivity contribution < 1.29 is 9.53 Å². The van der Waals surface area contributed by atoms with Crippen molar-refractivity contribution in [3.8, 4) is 5.75 Å². The lowest BCUT2D eigenvalue weighted by Gasteiger charge is -2.26. The average Bonchev–Trinajstić information content (AvgIpc) is 2.54. The maximum absolute atomic E-state index is 12.5. The molecule has 4 heteroatoms. The minimum Gasteiger partial charge on any atom is -0.495 e. The number of hydrogen-bond acceptors (Lipinski definition) is 2. The molecule has 0 atom stereocenters. The Morgan fingerprint density at radius 3 is 2.29 bits per heavy atom. The molecule has 2 aromatic rings. The lowest BCUT2D eigenvalue weighted by atomic mass is 10.2. The summed E-state index contributed by atoms with van der Waals surface area (Å²) in [5.74, 6) is 0.682. The third-order valence-electron chi connectivity index (χ3n) is 3.32. The second-order valence-corrected chi connectivity index (χ2v) is 4.86. The van der Waals surface area contributed by atoms with Gasteiger partial charge in [0.25, 0.3) is 0 Å². The normalized spacial score (nSPS) is 10.0. The third-order valence-corrected chi connectivity index (χ3v) is 3.32. The summed E-state index contributed by atoms with van der Waals surface area (Å²) in [5, 5.41) is 0. The average molecular weight is 284 g/mol. The molecule has 0 heterocycles. The van der Waals surface area contributed by atoms with E-state index in [4.69, 9.17) is 4.74 Å². The number of ether oxygens (including phenoxy) is 1. The molecular weight excluding hydrogens is 264 g/mol. The fraction of sp³-hybridized carbons (Fsp3) is 0.235. The number of anilines is 1. The lowest BCUT2D eigenvalue weighted by Crippen LogP contribution is -2.38. The zero-order valence-corrected chi connectivity index (χ0v) is 12.6. The molecule has 0 bridgehead atoms. The first kappa shape index (κ1) is 14.9. The van der Waals surface area contributed by atoms with Crippen molar-refractivity contribution in [2.45, 2.75) is 6.54 Å². The van der Waals surface area contributed by atoms with E-state index < -0.39 is 0 Å². The molecule has 0 aromatic heterocycles. The van der Waals surface area contributed by atoms with Crippen molar-refractivity contribution in [3.05, 3.63) is 60.2 Å². The summed E-state index contributed by atoms with van der Waals surface area (Å²) in [6.45, 7) is 0.569. The molecule has 2 rings (SSSR count). The quantitative estimate of drug-likeness (QED) is 0.862. The topological polar surface area (TPSA) is 32.8 Å². The van der Waals surface area contributed by atoms with Crippen molar-refractivity contribution in [1.82, 2.24) is 4.90 Å². The number of amides is 2. The first-order chi connectivity index (χ1) is 10.1. The molecule has 2 aromatic carbocycles.